The van der Waals surface area contributed by atoms with Crippen LogP contribution in [0.15, 0.2) is 24.5 Å². The van der Waals surface area contributed by atoms with Gasteiger partial charge in [0, 0.05) is 30.3 Å². The summed E-state index contributed by atoms with van der Waals surface area (Å²) >= 11 is 0. The molecule has 1 unspecified atom stereocenters. The third kappa shape index (κ3) is 2.29. The van der Waals surface area contributed by atoms with Crippen LogP contribution in [0, 0.1) is 0 Å². The van der Waals surface area contributed by atoms with E-state index in [1.165, 1.54) is 5.56 Å². The number of anilines is 1. The van der Waals surface area contributed by atoms with E-state index in [4.69, 9.17) is 0 Å². The van der Waals surface area contributed by atoms with Crippen LogP contribution in [0.3, 0.4) is 0 Å². The maximum absolute atomic E-state index is 10.5. The standard InChI is InChI=1S/C15H20N4O/c1-10(2)19-14(17-9-18-19)8-13(20)12-5-3-4-11-6-7-16-15(11)12/h3-5,9-10,13,16,20H,6-8H2,1-2H3. The average Bonchev–Trinajstić information content (AvgIpc) is 3.05. The second-order valence-electron chi connectivity index (χ2n) is 5.49. The Morgan fingerprint density at radius 1 is 1.40 bits per heavy atom. The van der Waals surface area contributed by atoms with Gasteiger partial charge < -0.3 is 10.4 Å². The lowest BCUT2D eigenvalue weighted by Crippen LogP contribution is -2.13. The first kappa shape index (κ1) is 13.1. The number of fused-ring (bicyclic) bond motifs is 1. The number of hydrogen-bond acceptors (Lipinski definition) is 4. The van der Waals surface area contributed by atoms with Crippen LogP contribution in [0.4, 0.5) is 5.69 Å². The second-order valence-corrected chi connectivity index (χ2v) is 5.49. The van der Waals surface area contributed by atoms with E-state index in [9.17, 15) is 5.11 Å². The van der Waals surface area contributed by atoms with Crippen LogP contribution >= 0.6 is 0 Å². The molecule has 0 radical (unpaired) electrons. The molecule has 106 valence electrons. The molecule has 0 fully saturated rings. The van der Waals surface area contributed by atoms with Crippen molar-refractivity contribution in [2.45, 2.75) is 38.8 Å². The normalized spacial score (nSPS) is 15.2. The highest BCUT2D eigenvalue weighted by atomic mass is 16.3. The van der Waals surface area contributed by atoms with E-state index in [2.05, 4.69) is 35.3 Å². The number of hydrogen-bond donors (Lipinski definition) is 2. The highest BCUT2D eigenvalue weighted by Gasteiger charge is 2.21. The number of para-hydroxylation sites is 1. The lowest BCUT2D eigenvalue weighted by Gasteiger charge is -2.16. The smallest absolute Gasteiger partial charge is 0.138 e. The fourth-order valence-corrected chi connectivity index (χ4v) is 2.78. The van der Waals surface area contributed by atoms with Crippen LogP contribution in [0.2, 0.25) is 0 Å². The minimum Gasteiger partial charge on any atom is -0.388 e. The van der Waals surface area contributed by atoms with Gasteiger partial charge >= 0.3 is 0 Å². The Bertz CT molecular complexity index is 606. The Hall–Kier alpha value is -1.88. The first-order valence-electron chi connectivity index (χ1n) is 7.09. The van der Waals surface area contributed by atoms with Gasteiger partial charge in [-0.25, -0.2) is 9.67 Å². The maximum Gasteiger partial charge on any atom is 0.138 e. The largest absolute Gasteiger partial charge is 0.388 e. The van der Waals surface area contributed by atoms with Gasteiger partial charge in [-0.15, -0.1) is 0 Å². The van der Waals surface area contributed by atoms with Gasteiger partial charge in [0.05, 0.1) is 6.10 Å². The zero-order chi connectivity index (χ0) is 14.1. The number of aliphatic hydroxyl groups excluding tert-OH is 1. The molecule has 0 bridgehead atoms. The number of aliphatic hydroxyl groups is 1. The van der Waals surface area contributed by atoms with Crippen molar-refractivity contribution in [3.63, 3.8) is 0 Å². The first-order valence-corrected chi connectivity index (χ1v) is 7.09. The molecule has 2 aromatic rings. The summed E-state index contributed by atoms with van der Waals surface area (Å²) in [5.74, 6) is 0.822. The molecule has 0 saturated heterocycles. The van der Waals surface area contributed by atoms with Crippen molar-refractivity contribution in [1.29, 1.82) is 0 Å². The SMILES string of the molecule is CC(C)n1ncnc1CC(O)c1cccc2c1NCC2. The molecule has 5 nitrogen and oxygen atoms in total. The van der Waals surface area contributed by atoms with Crippen molar-refractivity contribution >= 4 is 5.69 Å². The predicted octanol–water partition coefficient (Wildman–Crippen LogP) is 2.10. The van der Waals surface area contributed by atoms with E-state index in [0.717, 1.165) is 30.0 Å². The van der Waals surface area contributed by atoms with Gasteiger partial charge in [0.25, 0.3) is 0 Å². The molecule has 20 heavy (non-hydrogen) atoms. The number of nitrogens with one attached hydrogen (secondary N) is 1. The maximum atomic E-state index is 10.5. The van der Waals surface area contributed by atoms with Crippen LogP contribution < -0.4 is 5.32 Å². The Labute approximate surface area is 118 Å². The van der Waals surface area contributed by atoms with Crippen molar-refractivity contribution in [3.05, 3.63) is 41.5 Å². The number of benzene rings is 1. The summed E-state index contributed by atoms with van der Waals surface area (Å²) in [6.45, 7) is 5.07. The molecular formula is C15H20N4O. The Kier molecular flexibility index (Phi) is 3.44. The molecule has 0 saturated carbocycles. The first-order chi connectivity index (χ1) is 9.66. The topological polar surface area (TPSA) is 63.0 Å². The summed E-state index contributed by atoms with van der Waals surface area (Å²) in [6, 6.07) is 6.36. The molecule has 1 aromatic heterocycles. The highest BCUT2D eigenvalue weighted by Crippen LogP contribution is 2.32. The molecular weight excluding hydrogens is 252 g/mol. The monoisotopic (exact) mass is 272 g/mol. The summed E-state index contributed by atoms with van der Waals surface area (Å²) in [7, 11) is 0. The number of aromatic nitrogens is 3. The van der Waals surface area contributed by atoms with Crippen LogP contribution in [0.5, 0.6) is 0 Å². The van der Waals surface area contributed by atoms with E-state index in [1.807, 2.05) is 16.8 Å². The van der Waals surface area contributed by atoms with Crippen molar-refractivity contribution in [1.82, 2.24) is 14.8 Å². The van der Waals surface area contributed by atoms with Crippen LogP contribution in [0.25, 0.3) is 0 Å². The fourth-order valence-electron chi connectivity index (χ4n) is 2.78. The van der Waals surface area contributed by atoms with E-state index >= 15 is 0 Å². The fraction of sp³-hybridized carbons (Fsp3) is 0.467. The minimum atomic E-state index is -0.558. The van der Waals surface area contributed by atoms with E-state index in [1.54, 1.807) is 6.33 Å². The van der Waals surface area contributed by atoms with Crippen LogP contribution in [0.1, 0.15) is 42.9 Å². The van der Waals surface area contributed by atoms with Gasteiger partial charge in [-0.1, -0.05) is 18.2 Å². The van der Waals surface area contributed by atoms with E-state index < -0.39 is 6.10 Å². The minimum absolute atomic E-state index is 0.249. The van der Waals surface area contributed by atoms with Gasteiger partial charge in [0.2, 0.25) is 0 Å². The van der Waals surface area contributed by atoms with Crippen molar-refractivity contribution in [2.24, 2.45) is 0 Å². The molecule has 1 atom stereocenters. The van der Waals surface area contributed by atoms with Crippen molar-refractivity contribution < 1.29 is 5.11 Å². The number of nitrogens with zero attached hydrogens (tertiary/aromatic N) is 3. The van der Waals surface area contributed by atoms with Gasteiger partial charge in [-0.3, -0.25) is 0 Å². The lowest BCUT2D eigenvalue weighted by molar-refractivity contribution is 0.174. The van der Waals surface area contributed by atoms with Crippen molar-refractivity contribution in [2.75, 3.05) is 11.9 Å². The zero-order valence-electron chi connectivity index (χ0n) is 11.9. The molecule has 0 spiro atoms. The molecule has 5 heteroatoms. The number of rotatable bonds is 4. The predicted molar refractivity (Wildman–Crippen MR) is 77.7 cm³/mol. The molecule has 1 aliphatic heterocycles. The third-order valence-corrected chi connectivity index (χ3v) is 3.75. The Balaban J connectivity index is 1.85. The summed E-state index contributed by atoms with van der Waals surface area (Å²) in [5.41, 5.74) is 3.33. The lowest BCUT2D eigenvalue weighted by atomic mass is 10.0. The van der Waals surface area contributed by atoms with Crippen LogP contribution in [-0.4, -0.2) is 26.4 Å². The van der Waals surface area contributed by atoms with Gasteiger partial charge in [-0.05, 0) is 25.8 Å². The molecule has 2 heterocycles. The third-order valence-electron chi connectivity index (χ3n) is 3.75. The molecule has 1 aromatic carbocycles. The molecule has 0 amide bonds. The highest BCUT2D eigenvalue weighted by molar-refractivity contribution is 5.61. The van der Waals surface area contributed by atoms with Crippen molar-refractivity contribution in [3.8, 4) is 0 Å². The molecule has 3 rings (SSSR count). The summed E-state index contributed by atoms with van der Waals surface area (Å²) < 4.78 is 1.86. The second kappa shape index (κ2) is 5.25. The van der Waals surface area contributed by atoms with Gasteiger partial charge in [0.15, 0.2) is 0 Å². The Morgan fingerprint density at radius 3 is 3.05 bits per heavy atom. The zero-order valence-corrected chi connectivity index (χ0v) is 11.9. The van der Waals surface area contributed by atoms with Gasteiger partial charge in [-0.2, -0.15) is 5.10 Å². The molecule has 2 N–H and O–H groups in total. The summed E-state index contributed by atoms with van der Waals surface area (Å²) in [6.07, 6.45) is 2.50. The summed E-state index contributed by atoms with van der Waals surface area (Å²) in [4.78, 5) is 4.27. The van der Waals surface area contributed by atoms with E-state index in [-0.39, 0.29) is 6.04 Å². The summed E-state index contributed by atoms with van der Waals surface area (Å²) in [5, 5.41) is 18.1. The van der Waals surface area contributed by atoms with Crippen LogP contribution in [-0.2, 0) is 12.8 Å². The average molecular weight is 272 g/mol. The molecule has 1 aliphatic rings. The van der Waals surface area contributed by atoms with Gasteiger partial charge in [0.1, 0.15) is 12.2 Å². The Morgan fingerprint density at radius 2 is 2.25 bits per heavy atom. The van der Waals surface area contributed by atoms with E-state index in [0.29, 0.717) is 6.42 Å². The molecule has 0 aliphatic carbocycles. The quantitative estimate of drug-likeness (QED) is 0.894.